The van der Waals surface area contributed by atoms with Crippen molar-refractivity contribution in [1.29, 1.82) is 0 Å². The third kappa shape index (κ3) is 5.06. The maximum absolute atomic E-state index is 11.7. The summed E-state index contributed by atoms with van der Waals surface area (Å²) < 4.78 is 0. The van der Waals surface area contributed by atoms with E-state index in [4.69, 9.17) is 0 Å². The van der Waals surface area contributed by atoms with Gasteiger partial charge in [0.25, 0.3) is 26.7 Å². The van der Waals surface area contributed by atoms with Gasteiger partial charge in [-0.2, -0.15) is 0 Å². The van der Waals surface area contributed by atoms with Crippen molar-refractivity contribution in [2.75, 3.05) is 7.05 Å². The maximum Gasteiger partial charge on any atom is 0.252 e. The molecule has 0 spiro atoms. The van der Waals surface area contributed by atoms with Crippen molar-refractivity contribution in [3.05, 3.63) is 34.9 Å². The van der Waals surface area contributed by atoms with Gasteiger partial charge in [-0.05, 0) is 23.3 Å². The van der Waals surface area contributed by atoms with Crippen LogP contribution >= 0.6 is 21.6 Å². The summed E-state index contributed by atoms with van der Waals surface area (Å²) in [6, 6.07) is 6.01. The molecule has 2 nitrogen and oxygen atoms in total. The minimum atomic E-state index is -0.0438. The standard InChI is InChI=1S/C12H14NOS4/c1-13-12(14)11-5-9(7-17-15-2)4-10(6-11)8-18-16-3/h4-6H,2-3,7-8H2,1H3/q+1/p+1. The van der Waals surface area contributed by atoms with E-state index in [1.165, 1.54) is 20.8 Å². The zero-order valence-electron chi connectivity index (χ0n) is 10.1. The molecular formula is C12H15NOS4+2. The molecule has 0 aliphatic carbocycles. The van der Waals surface area contributed by atoms with Crippen LogP contribution < -0.4 is 5.32 Å². The lowest BCUT2D eigenvalue weighted by Gasteiger charge is -2.05. The summed E-state index contributed by atoms with van der Waals surface area (Å²) in [5, 5.41) is 2.66. The molecule has 1 amide bonds. The molecule has 1 rings (SSSR count). The summed E-state index contributed by atoms with van der Waals surface area (Å²) in [6.07, 6.45) is 0. The van der Waals surface area contributed by atoms with Gasteiger partial charge in [0.15, 0.2) is 33.3 Å². The largest absolute Gasteiger partial charge is 0.355 e. The maximum atomic E-state index is 11.7. The third-order valence-electron chi connectivity index (χ3n) is 2.16. The fourth-order valence-electron chi connectivity index (χ4n) is 1.42. The molecule has 0 heterocycles. The van der Waals surface area contributed by atoms with Crippen LogP contribution in [0, 0.1) is 0 Å². The monoisotopic (exact) mass is 317 g/mol. The summed E-state index contributed by atoms with van der Waals surface area (Å²) >= 11 is 0. The highest BCUT2D eigenvalue weighted by Gasteiger charge is 2.10. The zero-order valence-corrected chi connectivity index (χ0v) is 13.4. The number of amides is 1. The van der Waals surface area contributed by atoms with Crippen LogP contribution in [0.2, 0.25) is 0 Å². The van der Waals surface area contributed by atoms with Gasteiger partial charge >= 0.3 is 0 Å². The first-order valence-electron chi connectivity index (χ1n) is 5.13. The Kier molecular flexibility index (Phi) is 7.50. The van der Waals surface area contributed by atoms with Gasteiger partial charge in [0.2, 0.25) is 0 Å². The van der Waals surface area contributed by atoms with Crippen molar-refractivity contribution in [2.24, 2.45) is 0 Å². The van der Waals surface area contributed by atoms with Gasteiger partial charge in [0, 0.05) is 12.6 Å². The van der Waals surface area contributed by atoms with E-state index in [1.807, 2.05) is 12.1 Å². The van der Waals surface area contributed by atoms with Crippen LogP contribution in [0.1, 0.15) is 21.5 Å². The molecule has 0 aliphatic rings. The van der Waals surface area contributed by atoms with E-state index >= 15 is 0 Å². The topological polar surface area (TPSA) is 29.1 Å². The number of rotatable bonds is 7. The van der Waals surface area contributed by atoms with E-state index in [2.05, 4.69) is 23.1 Å². The van der Waals surface area contributed by atoms with E-state index in [1.54, 1.807) is 28.6 Å². The third-order valence-corrected chi connectivity index (χ3v) is 5.10. The van der Waals surface area contributed by atoms with Crippen LogP contribution in [0.25, 0.3) is 0 Å². The Balaban J connectivity index is 2.98. The van der Waals surface area contributed by atoms with Gasteiger partial charge in [-0.3, -0.25) is 4.79 Å². The SMILES string of the molecule is C=[S+]SCc1cc(CS[S+]=C)cc(C(=O)NC)c1. The second-order valence-electron chi connectivity index (χ2n) is 3.38. The van der Waals surface area contributed by atoms with Crippen LogP contribution in [0.15, 0.2) is 18.2 Å². The highest BCUT2D eigenvalue weighted by molar-refractivity contribution is 8.64. The zero-order chi connectivity index (χ0) is 13.4. The Morgan fingerprint density at radius 3 is 2.06 bits per heavy atom. The minimum Gasteiger partial charge on any atom is -0.355 e. The molecule has 1 aromatic rings. The molecule has 0 bridgehead atoms. The molecule has 1 N–H and O–H groups in total. The number of nitrogens with one attached hydrogen (secondary N) is 1. The molecule has 0 saturated heterocycles. The first-order valence-corrected chi connectivity index (χ1v) is 10.1. The summed E-state index contributed by atoms with van der Waals surface area (Å²) in [6.45, 7) is 0. The number of hydrogen-bond donors (Lipinski definition) is 1. The van der Waals surface area contributed by atoms with Crippen molar-refractivity contribution in [2.45, 2.75) is 11.5 Å². The molecule has 0 unspecified atom stereocenters. The van der Waals surface area contributed by atoms with Crippen LogP contribution in [0.5, 0.6) is 0 Å². The summed E-state index contributed by atoms with van der Waals surface area (Å²) in [7, 11) is 7.97. The van der Waals surface area contributed by atoms with Crippen molar-refractivity contribution in [3.8, 4) is 0 Å². The smallest absolute Gasteiger partial charge is 0.252 e. The lowest BCUT2D eigenvalue weighted by molar-refractivity contribution is 0.0963. The van der Waals surface area contributed by atoms with Crippen LogP contribution in [0.3, 0.4) is 0 Å². The van der Waals surface area contributed by atoms with Crippen molar-refractivity contribution >= 4 is 60.0 Å². The number of carbonyl (C=O) groups is 1. The Bertz CT molecular complexity index is 417. The van der Waals surface area contributed by atoms with Gasteiger partial charge in [-0.25, -0.2) is 0 Å². The van der Waals surface area contributed by atoms with Crippen molar-refractivity contribution in [1.82, 2.24) is 5.32 Å². The average Bonchev–Trinajstić information content (AvgIpc) is 2.41. The quantitative estimate of drug-likeness (QED) is 0.475. The van der Waals surface area contributed by atoms with E-state index < -0.39 is 0 Å². The Morgan fingerprint density at radius 1 is 1.17 bits per heavy atom. The van der Waals surface area contributed by atoms with Crippen LogP contribution in [-0.4, -0.2) is 24.7 Å². The lowest BCUT2D eigenvalue weighted by atomic mass is 10.1. The fourth-order valence-corrected chi connectivity index (χ4v) is 3.51. The minimum absolute atomic E-state index is 0.0438. The molecule has 0 aliphatic heterocycles. The van der Waals surface area contributed by atoms with Crippen LogP contribution in [-0.2, 0) is 32.3 Å². The molecule has 0 saturated carbocycles. The Labute approximate surface area is 123 Å². The predicted molar refractivity (Wildman–Crippen MR) is 91.4 cm³/mol. The van der Waals surface area contributed by atoms with Crippen molar-refractivity contribution < 1.29 is 4.79 Å². The van der Waals surface area contributed by atoms with Gasteiger partial charge < -0.3 is 5.32 Å². The highest BCUT2D eigenvalue weighted by atomic mass is 33.1. The Hall–Kier alpha value is -0.430. The summed E-state index contributed by atoms with van der Waals surface area (Å²) in [5.74, 6) is 9.13. The molecule has 6 heteroatoms. The van der Waals surface area contributed by atoms with Gasteiger partial charge in [0.1, 0.15) is 0 Å². The average molecular weight is 318 g/mol. The fraction of sp³-hybridized carbons (Fsp3) is 0.250. The van der Waals surface area contributed by atoms with E-state index in [0.29, 0.717) is 5.56 Å². The molecule has 1 aromatic carbocycles. The molecule has 0 atom stereocenters. The predicted octanol–water partition coefficient (Wildman–Crippen LogP) is 2.37. The summed E-state index contributed by atoms with van der Waals surface area (Å²) in [5.41, 5.74) is 3.03. The lowest BCUT2D eigenvalue weighted by Crippen LogP contribution is -2.18. The molecule has 96 valence electrons. The Morgan fingerprint density at radius 2 is 1.67 bits per heavy atom. The van der Waals surface area contributed by atoms with Gasteiger partial charge in [0.05, 0.1) is 11.5 Å². The van der Waals surface area contributed by atoms with E-state index in [9.17, 15) is 4.79 Å². The second kappa shape index (κ2) is 8.63. The van der Waals surface area contributed by atoms with Crippen molar-refractivity contribution in [3.63, 3.8) is 0 Å². The summed E-state index contributed by atoms with van der Waals surface area (Å²) in [4.78, 5) is 11.7. The van der Waals surface area contributed by atoms with E-state index in [-0.39, 0.29) is 5.91 Å². The number of hydrogen-bond acceptors (Lipinski definition) is 3. The first kappa shape index (κ1) is 15.6. The van der Waals surface area contributed by atoms with Gasteiger partial charge in [-0.15, -0.1) is 0 Å². The second-order valence-corrected chi connectivity index (χ2v) is 7.73. The van der Waals surface area contributed by atoms with Crippen LogP contribution in [0.4, 0.5) is 0 Å². The molecule has 18 heavy (non-hydrogen) atoms. The number of benzene rings is 1. The molecule has 0 radical (unpaired) electrons. The molecular weight excluding hydrogens is 302 g/mol. The van der Waals surface area contributed by atoms with E-state index in [0.717, 1.165) is 22.6 Å². The van der Waals surface area contributed by atoms with Gasteiger partial charge in [-0.1, -0.05) is 6.07 Å². The first-order chi connectivity index (χ1) is 8.71. The normalized spacial score (nSPS) is 9.83. The molecule has 0 aromatic heterocycles. The highest BCUT2D eigenvalue weighted by Crippen LogP contribution is 2.19. The number of carbonyl (C=O) groups excluding carboxylic acids is 1. The molecule has 0 fully saturated rings.